The number of benzene rings is 1. The zero-order chi connectivity index (χ0) is 9.84. The minimum atomic E-state index is 0.646. The van der Waals surface area contributed by atoms with Crippen molar-refractivity contribution in [2.75, 3.05) is 0 Å². The lowest BCUT2D eigenvalue weighted by Gasteiger charge is -2.07. The molecule has 0 nitrogen and oxygen atoms in total. The summed E-state index contributed by atoms with van der Waals surface area (Å²) in [6.45, 7) is 8.99. The molecule has 0 saturated heterocycles. The van der Waals surface area contributed by atoms with Crippen LogP contribution in [0.25, 0.3) is 0 Å². The SMILES string of the molecule is CC(C)Bc1ccc(C(C)C)cc1. The van der Waals surface area contributed by atoms with Crippen LogP contribution in [0.3, 0.4) is 0 Å². The van der Waals surface area contributed by atoms with E-state index in [9.17, 15) is 0 Å². The van der Waals surface area contributed by atoms with Crippen LogP contribution >= 0.6 is 0 Å². The molecule has 0 aromatic heterocycles. The van der Waals surface area contributed by atoms with Crippen LogP contribution < -0.4 is 5.46 Å². The molecule has 0 radical (unpaired) electrons. The normalized spacial score (nSPS) is 10.9. The molecule has 0 aliphatic rings. The van der Waals surface area contributed by atoms with Crippen molar-refractivity contribution in [3.05, 3.63) is 29.8 Å². The molecule has 0 N–H and O–H groups in total. The van der Waals surface area contributed by atoms with Crippen molar-refractivity contribution < 1.29 is 0 Å². The topological polar surface area (TPSA) is 0 Å². The number of rotatable bonds is 3. The first-order chi connectivity index (χ1) is 6.09. The number of hydrogen-bond donors (Lipinski definition) is 0. The Morgan fingerprint density at radius 1 is 0.923 bits per heavy atom. The highest BCUT2D eigenvalue weighted by molar-refractivity contribution is 6.54. The van der Waals surface area contributed by atoms with Crippen LogP contribution in [0.15, 0.2) is 24.3 Å². The van der Waals surface area contributed by atoms with Gasteiger partial charge in [-0.3, -0.25) is 0 Å². The molecule has 0 fully saturated rings. The van der Waals surface area contributed by atoms with E-state index >= 15 is 0 Å². The third-order valence-corrected chi connectivity index (χ3v) is 2.29. The first-order valence-electron chi connectivity index (χ1n) is 5.18. The average molecular weight is 174 g/mol. The largest absolute Gasteiger partial charge is 0.160 e. The lowest BCUT2D eigenvalue weighted by atomic mass is 9.60. The van der Waals surface area contributed by atoms with Gasteiger partial charge in [-0.2, -0.15) is 0 Å². The summed E-state index contributed by atoms with van der Waals surface area (Å²) < 4.78 is 0. The zero-order valence-corrected chi connectivity index (χ0v) is 9.17. The van der Waals surface area contributed by atoms with Crippen molar-refractivity contribution in [2.45, 2.75) is 39.4 Å². The second-order valence-corrected chi connectivity index (χ2v) is 4.49. The molecule has 0 unspecified atom stereocenters. The Morgan fingerprint density at radius 3 is 1.85 bits per heavy atom. The maximum absolute atomic E-state index is 2.26. The van der Waals surface area contributed by atoms with Crippen LogP contribution in [0.2, 0.25) is 5.82 Å². The Bertz CT molecular complexity index is 246. The quantitative estimate of drug-likeness (QED) is 0.618. The molecule has 0 heterocycles. The Balaban J connectivity index is 2.70. The minimum absolute atomic E-state index is 0.646. The maximum Gasteiger partial charge on any atom is 0.160 e. The van der Waals surface area contributed by atoms with Crippen LogP contribution in [0, 0.1) is 0 Å². The predicted octanol–water partition coefficient (Wildman–Crippen LogP) is 2.70. The van der Waals surface area contributed by atoms with E-state index in [1.807, 2.05) is 0 Å². The molecule has 0 bridgehead atoms. The van der Waals surface area contributed by atoms with Crippen LogP contribution in [-0.2, 0) is 0 Å². The summed E-state index contributed by atoms with van der Waals surface area (Å²) >= 11 is 0. The van der Waals surface area contributed by atoms with E-state index in [-0.39, 0.29) is 0 Å². The van der Waals surface area contributed by atoms with Gasteiger partial charge in [0.2, 0.25) is 0 Å². The fourth-order valence-corrected chi connectivity index (χ4v) is 1.51. The van der Waals surface area contributed by atoms with E-state index in [4.69, 9.17) is 0 Å². The predicted molar refractivity (Wildman–Crippen MR) is 62.4 cm³/mol. The molecule has 0 aliphatic heterocycles. The van der Waals surface area contributed by atoms with Gasteiger partial charge in [-0.25, -0.2) is 0 Å². The van der Waals surface area contributed by atoms with Crippen molar-refractivity contribution in [3.8, 4) is 0 Å². The fourth-order valence-electron chi connectivity index (χ4n) is 1.51. The Hall–Kier alpha value is -0.715. The standard InChI is InChI=1S/C12H19B/c1-9(2)11-5-7-12(8-6-11)13-10(3)4/h5-10,13H,1-4H3. The molecule has 0 atom stereocenters. The van der Waals surface area contributed by atoms with Gasteiger partial charge in [-0.15, -0.1) is 0 Å². The molecule has 1 aromatic carbocycles. The van der Waals surface area contributed by atoms with Gasteiger partial charge in [0.25, 0.3) is 0 Å². The van der Waals surface area contributed by atoms with Gasteiger partial charge in [0, 0.05) is 0 Å². The highest BCUT2D eigenvalue weighted by Gasteiger charge is 2.01. The summed E-state index contributed by atoms with van der Waals surface area (Å²) in [5.41, 5.74) is 2.90. The molecule has 13 heavy (non-hydrogen) atoms. The van der Waals surface area contributed by atoms with E-state index in [1.165, 1.54) is 18.3 Å². The Morgan fingerprint density at radius 2 is 1.46 bits per heavy atom. The van der Waals surface area contributed by atoms with E-state index < -0.39 is 0 Å². The van der Waals surface area contributed by atoms with Gasteiger partial charge in [-0.1, -0.05) is 63.2 Å². The first kappa shape index (κ1) is 10.4. The smallest absolute Gasteiger partial charge is 0.0842 e. The third-order valence-electron chi connectivity index (χ3n) is 2.29. The average Bonchev–Trinajstić information content (AvgIpc) is 2.04. The lowest BCUT2D eigenvalue weighted by molar-refractivity contribution is 0.867. The Labute approximate surface area is 82.6 Å². The van der Waals surface area contributed by atoms with Gasteiger partial charge in [-0.05, 0) is 11.5 Å². The lowest BCUT2D eigenvalue weighted by Crippen LogP contribution is -2.16. The van der Waals surface area contributed by atoms with E-state index in [0.29, 0.717) is 5.92 Å². The van der Waals surface area contributed by atoms with Crippen LogP contribution in [0.5, 0.6) is 0 Å². The van der Waals surface area contributed by atoms with E-state index in [2.05, 4.69) is 52.0 Å². The van der Waals surface area contributed by atoms with Gasteiger partial charge >= 0.3 is 0 Å². The number of hydrogen-bond acceptors (Lipinski definition) is 0. The monoisotopic (exact) mass is 174 g/mol. The van der Waals surface area contributed by atoms with Gasteiger partial charge in [0.15, 0.2) is 7.28 Å². The summed E-state index contributed by atoms with van der Waals surface area (Å²) in [5, 5.41) is 0. The summed E-state index contributed by atoms with van der Waals surface area (Å²) in [5.74, 6) is 1.40. The highest BCUT2D eigenvalue weighted by atomic mass is 14.0. The van der Waals surface area contributed by atoms with Crippen LogP contribution in [-0.4, -0.2) is 7.28 Å². The van der Waals surface area contributed by atoms with Crippen LogP contribution in [0.1, 0.15) is 39.2 Å². The molecule has 1 heteroatoms. The maximum atomic E-state index is 2.26. The first-order valence-corrected chi connectivity index (χ1v) is 5.18. The minimum Gasteiger partial charge on any atom is -0.0842 e. The summed E-state index contributed by atoms with van der Waals surface area (Å²) in [7, 11) is 1.19. The van der Waals surface area contributed by atoms with E-state index in [1.54, 1.807) is 0 Å². The van der Waals surface area contributed by atoms with Gasteiger partial charge < -0.3 is 0 Å². The molecule has 70 valence electrons. The molecule has 0 amide bonds. The molecular weight excluding hydrogens is 155 g/mol. The molecule has 1 aromatic rings. The van der Waals surface area contributed by atoms with Crippen molar-refractivity contribution in [1.29, 1.82) is 0 Å². The van der Waals surface area contributed by atoms with Crippen molar-refractivity contribution in [1.82, 2.24) is 0 Å². The molecule has 0 spiro atoms. The second kappa shape index (κ2) is 4.50. The highest BCUT2D eigenvalue weighted by Crippen LogP contribution is 2.11. The molecule has 1 rings (SSSR count). The summed E-state index contributed by atoms with van der Waals surface area (Å²) in [6.07, 6.45) is 0. The Kier molecular flexibility index (Phi) is 3.59. The van der Waals surface area contributed by atoms with Crippen LogP contribution in [0.4, 0.5) is 0 Å². The van der Waals surface area contributed by atoms with Crippen molar-refractivity contribution >= 4 is 12.7 Å². The van der Waals surface area contributed by atoms with E-state index in [0.717, 1.165) is 5.82 Å². The molecule has 0 saturated carbocycles. The third kappa shape index (κ3) is 3.26. The summed E-state index contributed by atoms with van der Waals surface area (Å²) in [4.78, 5) is 0. The molecule has 0 aliphatic carbocycles. The molecular formula is C12H19B. The summed E-state index contributed by atoms with van der Waals surface area (Å²) in [6, 6.07) is 9.02. The van der Waals surface area contributed by atoms with Crippen molar-refractivity contribution in [3.63, 3.8) is 0 Å². The zero-order valence-electron chi connectivity index (χ0n) is 9.17. The van der Waals surface area contributed by atoms with Gasteiger partial charge in [0.1, 0.15) is 0 Å². The van der Waals surface area contributed by atoms with Crippen molar-refractivity contribution in [2.24, 2.45) is 0 Å². The fraction of sp³-hybridized carbons (Fsp3) is 0.500. The van der Waals surface area contributed by atoms with Gasteiger partial charge in [0.05, 0.1) is 0 Å². The second-order valence-electron chi connectivity index (χ2n) is 4.49.